The van der Waals surface area contributed by atoms with Crippen molar-refractivity contribution in [2.75, 3.05) is 5.75 Å². The maximum atomic E-state index is 13.8. The van der Waals surface area contributed by atoms with E-state index in [0.717, 1.165) is 27.8 Å². The Kier molecular flexibility index (Phi) is 6.93. The van der Waals surface area contributed by atoms with Crippen molar-refractivity contribution in [2.24, 2.45) is 0 Å². The largest absolute Gasteiger partial charge is 0.489 e. The van der Waals surface area contributed by atoms with Crippen molar-refractivity contribution in [3.8, 4) is 5.75 Å². The van der Waals surface area contributed by atoms with Gasteiger partial charge in [-0.1, -0.05) is 36.4 Å². The lowest BCUT2D eigenvalue weighted by atomic mass is 10.2. The molecule has 3 heterocycles. The van der Waals surface area contributed by atoms with Gasteiger partial charge in [0.25, 0.3) is 5.91 Å². The van der Waals surface area contributed by atoms with E-state index in [1.807, 2.05) is 87.5 Å². The highest BCUT2D eigenvalue weighted by molar-refractivity contribution is 7.99. The number of ether oxygens (including phenoxy) is 2. The van der Waals surface area contributed by atoms with Crippen LogP contribution in [0.25, 0.3) is 10.9 Å². The van der Waals surface area contributed by atoms with Crippen LogP contribution >= 0.6 is 11.8 Å². The molecule has 1 amide bonds. The van der Waals surface area contributed by atoms with Gasteiger partial charge in [-0.15, -0.1) is 11.8 Å². The molecule has 0 radical (unpaired) electrons. The number of hydrogen-bond acceptors (Lipinski definition) is 6. The van der Waals surface area contributed by atoms with Gasteiger partial charge in [0.1, 0.15) is 29.4 Å². The number of fused-ring (bicyclic) bond motifs is 1. The minimum absolute atomic E-state index is 0.183. The van der Waals surface area contributed by atoms with Crippen LogP contribution in [0.5, 0.6) is 5.75 Å². The van der Waals surface area contributed by atoms with E-state index in [1.54, 1.807) is 28.1 Å². The molecule has 0 N–H and O–H groups in total. The first-order valence-electron chi connectivity index (χ1n) is 12.1. The number of thioether (sulfide) groups is 1. The highest BCUT2D eigenvalue weighted by atomic mass is 32.2. The van der Waals surface area contributed by atoms with Crippen molar-refractivity contribution in [3.63, 3.8) is 0 Å². The third-order valence-electron chi connectivity index (χ3n) is 6.01. The lowest BCUT2D eigenvalue weighted by Gasteiger charge is -2.31. The molecule has 4 aromatic rings. The third-order valence-corrected chi connectivity index (χ3v) is 7.33. The molecule has 8 heteroatoms. The van der Waals surface area contributed by atoms with E-state index >= 15 is 0 Å². The Hall–Kier alpha value is -3.78. The van der Waals surface area contributed by atoms with Gasteiger partial charge < -0.3 is 9.47 Å². The second kappa shape index (κ2) is 10.3. The third kappa shape index (κ3) is 5.49. The van der Waals surface area contributed by atoms with Crippen LogP contribution in [-0.4, -0.2) is 43.8 Å². The molecular formula is C29H29N3O4S. The van der Waals surface area contributed by atoms with Crippen LogP contribution in [0.3, 0.4) is 0 Å². The van der Waals surface area contributed by atoms with E-state index in [9.17, 15) is 9.59 Å². The van der Waals surface area contributed by atoms with Gasteiger partial charge in [0, 0.05) is 35.3 Å². The molecule has 0 saturated carbocycles. The van der Waals surface area contributed by atoms with E-state index in [-0.39, 0.29) is 11.3 Å². The average molecular weight is 516 g/mol. The summed E-state index contributed by atoms with van der Waals surface area (Å²) < 4.78 is 13.3. The SMILES string of the molecule is CC(C)(C)OC(=O)N1C(c2cccnc2)SC[C@H]1C(=O)n1ccc2cc(OCc3ccccc3)ccc21. The van der Waals surface area contributed by atoms with E-state index < -0.39 is 17.7 Å². The van der Waals surface area contributed by atoms with Crippen LogP contribution < -0.4 is 4.74 Å². The number of rotatable bonds is 5. The minimum atomic E-state index is -0.687. The Morgan fingerprint density at radius 1 is 1.05 bits per heavy atom. The number of hydrogen-bond donors (Lipinski definition) is 0. The van der Waals surface area contributed by atoms with Gasteiger partial charge >= 0.3 is 6.09 Å². The summed E-state index contributed by atoms with van der Waals surface area (Å²) >= 11 is 1.53. The number of carbonyl (C=O) groups excluding carboxylic acids is 2. The number of carbonyl (C=O) groups is 2. The summed E-state index contributed by atoms with van der Waals surface area (Å²) in [5.41, 5.74) is 2.01. The molecule has 1 aliphatic heterocycles. The molecule has 1 aliphatic rings. The van der Waals surface area contributed by atoms with Gasteiger partial charge in [0.2, 0.25) is 0 Å². The molecule has 0 aliphatic carbocycles. The molecular weight excluding hydrogens is 486 g/mol. The zero-order valence-corrected chi connectivity index (χ0v) is 21.9. The topological polar surface area (TPSA) is 73.7 Å². The molecule has 37 heavy (non-hydrogen) atoms. The Labute approximate surface area is 220 Å². The summed E-state index contributed by atoms with van der Waals surface area (Å²) in [5.74, 6) is 0.998. The van der Waals surface area contributed by atoms with Crippen LogP contribution in [0.15, 0.2) is 85.3 Å². The monoisotopic (exact) mass is 515 g/mol. The van der Waals surface area contributed by atoms with Crippen molar-refractivity contribution < 1.29 is 19.1 Å². The highest BCUT2D eigenvalue weighted by Gasteiger charge is 2.45. The molecule has 0 spiro atoms. The lowest BCUT2D eigenvalue weighted by Crippen LogP contribution is -2.46. The normalized spacial score (nSPS) is 17.6. The summed E-state index contributed by atoms with van der Waals surface area (Å²) in [6.07, 6.45) is 4.65. The second-order valence-corrected chi connectivity index (χ2v) is 11.0. The minimum Gasteiger partial charge on any atom is -0.489 e. The van der Waals surface area contributed by atoms with E-state index in [0.29, 0.717) is 12.4 Å². The lowest BCUT2D eigenvalue weighted by molar-refractivity contribution is 0.0160. The fourth-order valence-electron chi connectivity index (χ4n) is 4.32. The Bertz CT molecular complexity index is 1400. The number of nitrogens with zero attached hydrogens (tertiary/aromatic N) is 3. The van der Waals surface area contributed by atoms with Gasteiger partial charge in [-0.3, -0.25) is 19.2 Å². The van der Waals surface area contributed by atoms with E-state index in [2.05, 4.69) is 4.98 Å². The molecule has 7 nitrogen and oxygen atoms in total. The maximum Gasteiger partial charge on any atom is 0.412 e. The van der Waals surface area contributed by atoms with Gasteiger partial charge in [0.05, 0.1) is 5.52 Å². The number of amides is 1. The van der Waals surface area contributed by atoms with Gasteiger partial charge in [-0.25, -0.2) is 4.79 Å². The van der Waals surface area contributed by atoms with Crippen LogP contribution in [-0.2, 0) is 11.3 Å². The molecule has 2 aromatic carbocycles. The van der Waals surface area contributed by atoms with Gasteiger partial charge in [0.15, 0.2) is 0 Å². The first-order valence-corrected chi connectivity index (χ1v) is 13.2. The molecule has 1 saturated heterocycles. The van der Waals surface area contributed by atoms with Crippen molar-refractivity contribution in [2.45, 2.75) is 44.4 Å². The van der Waals surface area contributed by atoms with Crippen molar-refractivity contribution in [1.82, 2.24) is 14.5 Å². The Morgan fingerprint density at radius 3 is 2.59 bits per heavy atom. The fraction of sp³-hybridized carbons (Fsp3) is 0.276. The molecule has 5 rings (SSSR count). The highest BCUT2D eigenvalue weighted by Crippen LogP contribution is 2.42. The standard InChI is InChI=1S/C29H29N3O4S/c1-29(2,3)36-28(34)32-25(19-37-27(32)22-10-7-14-30-17-22)26(33)31-15-13-21-16-23(11-12-24(21)31)35-18-20-8-5-4-6-9-20/h4-17,25,27H,18-19H2,1-3H3/t25-,27?/m0/s1. The van der Waals surface area contributed by atoms with E-state index in [1.165, 1.54) is 11.8 Å². The van der Waals surface area contributed by atoms with Gasteiger partial charge in [-0.2, -0.15) is 0 Å². The number of benzene rings is 2. The maximum absolute atomic E-state index is 13.8. The summed E-state index contributed by atoms with van der Waals surface area (Å²) in [4.78, 5) is 32.9. The number of pyridine rings is 1. The van der Waals surface area contributed by atoms with Crippen molar-refractivity contribution in [3.05, 3.63) is 96.4 Å². The molecule has 1 fully saturated rings. The predicted octanol–water partition coefficient (Wildman–Crippen LogP) is 6.31. The molecule has 190 valence electrons. The van der Waals surface area contributed by atoms with Crippen molar-refractivity contribution in [1.29, 1.82) is 0 Å². The van der Waals surface area contributed by atoms with Crippen LogP contribution in [0.2, 0.25) is 0 Å². The van der Waals surface area contributed by atoms with Crippen LogP contribution in [0.1, 0.15) is 42.1 Å². The van der Waals surface area contributed by atoms with Crippen LogP contribution in [0, 0.1) is 0 Å². The van der Waals surface area contributed by atoms with E-state index in [4.69, 9.17) is 9.47 Å². The van der Waals surface area contributed by atoms with Crippen LogP contribution in [0.4, 0.5) is 4.79 Å². The summed E-state index contributed by atoms with van der Waals surface area (Å²) in [6.45, 7) is 5.93. The Morgan fingerprint density at radius 2 is 1.86 bits per heavy atom. The average Bonchev–Trinajstić information content (AvgIpc) is 3.52. The zero-order valence-electron chi connectivity index (χ0n) is 21.0. The first-order chi connectivity index (χ1) is 17.8. The molecule has 2 atom stereocenters. The Balaban J connectivity index is 1.40. The molecule has 2 aromatic heterocycles. The zero-order chi connectivity index (χ0) is 26.0. The first kappa shape index (κ1) is 24.9. The summed E-state index contributed by atoms with van der Waals surface area (Å²) in [6, 6.07) is 20.6. The summed E-state index contributed by atoms with van der Waals surface area (Å²) in [5, 5.41) is 0.523. The van der Waals surface area contributed by atoms with Gasteiger partial charge in [-0.05, 0) is 56.7 Å². The molecule has 0 bridgehead atoms. The summed E-state index contributed by atoms with van der Waals surface area (Å²) in [7, 11) is 0. The smallest absolute Gasteiger partial charge is 0.412 e. The molecule has 1 unspecified atom stereocenters. The predicted molar refractivity (Wildman–Crippen MR) is 145 cm³/mol. The number of aromatic nitrogens is 2. The fourth-order valence-corrected chi connectivity index (χ4v) is 5.71. The van der Waals surface area contributed by atoms with Crippen molar-refractivity contribution >= 4 is 34.7 Å². The second-order valence-electron chi connectivity index (χ2n) is 9.89. The quantitative estimate of drug-likeness (QED) is 0.310.